The third-order valence-electron chi connectivity index (χ3n) is 2.21. The van der Waals surface area contributed by atoms with Crippen LogP contribution in [0.3, 0.4) is 0 Å². The van der Waals surface area contributed by atoms with E-state index in [1.54, 1.807) is 0 Å². The monoisotopic (exact) mass is 227 g/mol. The van der Waals surface area contributed by atoms with Crippen molar-refractivity contribution < 1.29 is 4.74 Å². The van der Waals surface area contributed by atoms with Crippen molar-refractivity contribution in [1.29, 1.82) is 0 Å². The number of tetrazole rings is 1. The summed E-state index contributed by atoms with van der Waals surface area (Å²) in [5.41, 5.74) is 0. The van der Waals surface area contributed by atoms with E-state index < -0.39 is 0 Å². The molecule has 0 aromatic carbocycles. The van der Waals surface area contributed by atoms with Crippen LogP contribution in [-0.2, 0) is 11.3 Å². The van der Waals surface area contributed by atoms with Crippen molar-refractivity contribution in [1.82, 2.24) is 25.5 Å². The molecule has 0 saturated carbocycles. The van der Waals surface area contributed by atoms with Crippen LogP contribution in [0.1, 0.15) is 39.6 Å². The van der Waals surface area contributed by atoms with Gasteiger partial charge in [-0.25, -0.2) is 4.68 Å². The molecule has 1 atom stereocenters. The maximum absolute atomic E-state index is 5.36. The first-order valence-corrected chi connectivity index (χ1v) is 5.73. The number of nitrogens with zero attached hydrogens (tertiary/aromatic N) is 4. The zero-order valence-corrected chi connectivity index (χ0v) is 10.5. The molecule has 6 nitrogen and oxygen atoms in total. The molecule has 0 fully saturated rings. The highest BCUT2D eigenvalue weighted by Crippen LogP contribution is 2.06. The summed E-state index contributed by atoms with van der Waals surface area (Å²) in [5, 5.41) is 15.0. The number of aromatic nitrogens is 4. The zero-order chi connectivity index (χ0) is 12.0. The normalized spacial score (nSPS) is 13.3. The lowest BCUT2D eigenvalue weighted by molar-refractivity contribution is 0.113. The van der Waals surface area contributed by atoms with Gasteiger partial charge >= 0.3 is 0 Å². The lowest BCUT2D eigenvalue weighted by atomic mass is 10.3. The Morgan fingerprint density at radius 2 is 2.12 bits per heavy atom. The summed E-state index contributed by atoms with van der Waals surface area (Å²) in [4.78, 5) is 0. The molecule has 1 aromatic heterocycles. The number of rotatable bonds is 7. The van der Waals surface area contributed by atoms with E-state index in [1.807, 2.05) is 18.5 Å². The van der Waals surface area contributed by atoms with E-state index in [9.17, 15) is 0 Å². The number of hydrogen-bond donors (Lipinski definition) is 1. The Hall–Kier alpha value is -1.01. The van der Waals surface area contributed by atoms with Gasteiger partial charge < -0.3 is 10.1 Å². The van der Waals surface area contributed by atoms with Crippen molar-refractivity contribution in [2.24, 2.45) is 0 Å². The maximum Gasteiger partial charge on any atom is 0.165 e. The van der Waals surface area contributed by atoms with Crippen LogP contribution in [0.4, 0.5) is 0 Å². The Bertz CT molecular complexity index is 299. The van der Waals surface area contributed by atoms with Gasteiger partial charge in [0.1, 0.15) is 0 Å². The predicted molar refractivity (Wildman–Crippen MR) is 61.0 cm³/mol. The van der Waals surface area contributed by atoms with Crippen molar-refractivity contribution in [3.8, 4) is 0 Å². The molecule has 1 unspecified atom stereocenters. The molecule has 6 heteroatoms. The van der Waals surface area contributed by atoms with Crippen LogP contribution in [0, 0.1) is 0 Å². The molecule has 1 rings (SSSR count). The lowest BCUT2D eigenvalue weighted by Crippen LogP contribution is -2.26. The highest BCUT2D eigenvalue weighted by molar-refractivity contribution is 4.83. The highest BCUT2D eigenvalue weighted by Gasteiger charge is 2.12. The Labute approximate surface area is 96.4 Å². The minimum absolute atomic E-state index is 0.166. The van der Waals surface area contributed by atoms with Gasteiger partial charge in [-0.2, -0.15) is 0 Å². The smallest absolute Gasteiger partial charge is 0.165 e. The van der Waals surface area contributed by atoms with Crippen LogP contribution in [-0.4, -0.2) is 39.5 Å². The summed E-state index contributed by atoms with van der Waals surface area (Å²) in [7, 11) is 0. The van der Waals surface area contributed by atoms with Crippen LogP contribution in [0.5, 0.6) is 0 Å². The largest absolute Gasteiger partial charge is 0.380 e. The highest BCUT2D eigenvalue weighted by atomic mass is 16.5. The first-order chi connectivity index (χ1) is 7.65. The molecule has 92 valence electrons. The summed E-state index contributed by atoms with van der Waals surface area (Å²) in [5.74, 6) is 0.848. The maximum atomic E-state index is 5.36. The first-order valence-electron chi connectivity index (χ1n) is 5.73. The van der Waals surface area contributed by atoms with E-state index in [2.05, 4.69) is 34.7 Å². The fourth-order valence-electron chi connectivity index (χ4n) is 1.33. The van der Waals surface area contributed by atoms with E-state index in [-0.39, 0.29) is 6.04 Å². The Morgan fingerprint density at radius 3 is 2.75 bits per heavy atom. The molecular formula is C10H21N5O. The van der Waals surface area contributed by atoms with Crippen LogP contribution in [0.25, 0.3) is 0 Å². The van der Waals surface area contributed by atoms with Crippen LogP contribution in [0.2, 0.25) is 0 Å². The topological polar surface area (TPSA) is 64.9 Å². The Morgan fingerprint density at radius 1 is 1.38 bits per heavy atom. The number of nitrogens with one attached hydrogen (secondary N) is 1. The molecule has 0 aliphatic heterocycles. The van der Waals surface area contributed by atoms with Gasteiger partial charge in [-0.05, 0) is 24.3 Å². The van der Waals surface area contributed by atoms with E-state index in [1.165, 1.54) is 0 Å². The second-order valence-electron chi connectivity index (χ2n) is 4.08. The van der Waals surface area contributed by atoms with Crippen LogP contribution < -0.4 is 5.32 Å². The molecule has 0 saturated heterocycles. The average Bonchev–Trinajstić information content (AvgIpc) is 2.71. The third-order valence-corrected chi connectivity index (χ3v) is 2.21. The second kappa shape index (κ2) is 6.55. The summed E-state index contributed by atoms with van der Waals surface area (Å²) >= 11 is 0. The standard InChI is InChI=1S/C10H21N5O/c1-5-16-7-9(4)15-10(12-13-14-15)6-11-8(2)3/h8-9,11H,5-7H2,1-4H3. The molecule has 16 heavy (non-hydrogen) atoms. The van der Waals surface area contributed by atoms with Crippen molar-refractivity contribution >= 4 is 0 Å². The molecular weight excluding hydrogens is 206 g/mol. The predicted octanol–water partition coefficient (Wildman–Crippen LogP) is 0.769. The Balaban J connectivity index is 2.55. The quantitative estimate of drug-likeness (QED) is 0.745. The molecule has 0 spiro atoms. The van der Waals surface area contributed by atoms with Crippen molar-refractivity contribution in [2.45, 2.75) is 46.3 Å². The second-order valence-corrected chi connectivity index (χ2v) is 4.08. The average molecular weight is 227 g/mol. The summed E-state index contributed by atoms with van der Waals surface area (Å²) < 4.78 is 7.17. The van der Waals surface area contributed by atoms with Gasteiger partial charge in [-0.1, -0.05) is 13.8 Å². The third kappa shape index (κ3) is 3.86. The van der Waals surface area contributed by atoms with Gasteiger partial charge in [0, 0.05) is 12.6 Å². The molecule has 0 bridgehead atoms. The first kappa shape index (κ1) is 13.1. The van der Waals surface area contributed by atoms with E-state index in [4.69, 9.17) is 4.74 Å². The van der Waals surface area contributed by atoms with Crippen molar-refractivity contribution in [2.75, 3.05) is 13.2 Å². The minimum Gasteiger partial charge on any atom is -0.380 e. The fourth-order valence-corrected chi connectivity index (χ4v) is 1.33. The van der Waals surface area contributed by atoms with Crippen LogP contribution in [0.15, 0.2) is 0 Å². The SMILES string of the molecule is CCOCC(C)n1nnnc1CNC(C)C. The minimum atomic E-state index is 0.166. The van der Waals surface area contributed by atoms with E-state index in [0.717, 1.165) is 5.82 Å². The van der Waals surface area contributed by atoms with Gasteiger partial charge in [0.25, 0.3) is 0 Å². The van der Waals surface area contributed by atoms with Crippen molar-refractivity contribution in [3.63, 3.8) is 0 Å². The van der Waals surface area contributed by atoms with Gasteiger partial charge in [-0.3, -0.25) is 0 Å². The van der Waals surface area contributed by atoms with E-state index >= 15 is 0 Å². The molecule has 0 aliphatic rings. The Kier molecular flexibility index (Phi) is 5.34. The zero-order valence-electron chi connectivity index (χ0n) is 10.5. The van der Waals surface area contributed by atoms with Gasteiger partial charge in [-0.15, -0.1) is 5.10 Å². The van der Waals surface area contributed by atoms with Gasteiger partial charge in [0.05, 0.1) is 19.2 Å². The fraction of sp³-hybridized carbons (Fsp3) is 0.900. The lowest BCUT2D eigenvalue weighted by Gasteiger charge is -2.14. The molecule has 1 aromatic rings. The molecule has 0 amide bonds. The van der Waals surface area contributed by atoms with Gasteiger partial charge in [0.2, 0.25) is 0 Å². The molecule has 0 radical (unpaired) electrons. The van der Waals surface area contributed by atoms with Crippen molar-refractivity contribution in [3.05, 3.63) is 5.82 Å². The number of ether oxygens (including phenoxy) is 1. The van der Waals surface area contributed by atoms with E-state index in [0.29, 0.717) is 25.8 Å². The number of hydrogen-bond acceptors (Lipinski definition) is 5. The molecule has 1 heterocycles. The summed E-state index contributed by atoms with van der Waals surface area (Å²) in [6.45, 7) is 10.2. The summed E-state index contributed by atoms with van der Waals surface area (Å²) in [6.07, 6.45) is 0. The molecule has 1 N–H and O–H groups in total. The molecule has 0 aliphatic carbocycles. The van der Waals surface area contributed by atoms with Gasteiger partial charge in [0.15, 0.2) is 5.82 Å². The van der Waals surface area contributed by atoms with Crippen LogP contribution >= 0.6 is 0 Å². The summed E-state index contributed by atoms with van der Waals surface area (Å²) in [6, 6.07) is 0.589.